The van der Waals surface area contributed by atoms with Crippen molar-refractivity contribution in [2.75, 3.05) is 5.32 Å². The highest BCUT2D eigenvalue weighted by molar-refractivity contribution is 7.91. The number of fused-ring (bicyclic) bond motifs is 1. The van der Waals surface area contributed by atoms with E-state index in [1.807, 2.05) is 26.0 Å². The monoisotopic (exact) mass is 393 g/mol. The van der Waals surface area contributed by atoms with Gasteiger partial charge < -0.3 is 9.73 Å². The fourth-order valence-corrected chi connectivity index (χ4v) is 3.40. The fourth-order valence-electron chi connectivity index (χ4n) is 2.68. The molecule has 0 aliphatic heterocycles. The van der Waals surface area contributed by atoms with Crippen LogP contribution in [0.1, 0.15) is 16.7 Å². The number of amides is 1. The van der Waals surface area contributed by atoms with Gasteiger partial charge in [0.15, 0.2) is 0 Å². The van der Waals surface area contributed by atoms with Crippen LogP contribution in [0.25, 0.3) is 11.0 Å². The number of rotatable bonds is 5. The van der Waals surface area contributed by atoms with E-state index in [1.54, 1.807) is 0 Å². The number of aryl methyl sites for hydroxylation is 2. The summed E-state index contributed by atoms with van der Waals surface area (Å²) in [7, 11) is -4.65. The molecule has 142 valence electrons. The predicted molar refractivity (Wildman–Crippen MR) is 97.7 cm³/mol. The molecule has 0 bridgehead atoms. The van der Waals surface area contributed by atoms with Gasteiger partial charge in [0.25, 0.3) is 0 Å². The molecule has 1 N–H and O–H groups in total. The number of hydrogen-bond donors (Lipinski definition) is 1. The molecule has 0 aliphatic rings. The maximum atomic E-state index is 12.5. The summed E-state index contributed by atoms with van der Waals surface area (Å²) in [6, 6.07) is 8.49. The number of sulfone groups is 1. The van der Waals surface area contributed by atoms with Crippen LogP contribution in [0.4, 0.5) is 14.5 Å². The highest BCUT2D eigenvalue weighted by Gasteiger charge is 2.26. The summed E-state index contributed by atoms with van der Waals surface area (Å²) in [6.45, 7) is 3.95. The number of alkyl halides is 2. The van der Waals surface area contributed by atoms with Crippen molar-refractivity contribution in [3.05, 3.63) is 59.4 Å². The van der Waals surface area contributed by atoms with Crippen molar-refractivity contribution in [3.63, 3.8) is 0 Å². The highest BCUT2D eigenvalue weighted by atomic mass is 32.2. The summed E-state index contributed by atoms with van der Waals surface area (Å²) >= 11 is 0. The Bertz CT molecular complexity index is 1100. The van der Waals surface area contributed by atoms with Gasteiger partial charge in [-0.2, -0.15) is 8.78 Å². The first kappa shape index (κ1) is 19.0. The minimum atomic E-state index is -4.65. The molecule has 0 spiro atoms. The van der Waals surface area contributed by atoms with E-state index in [4.69, 9.17) is 4.42 Å². The van der Waals surface area contributed by atoms with Gasteiger partial charge in [-0.3, -0.25) is 4.79 Å². The summed E-state index contributed by atoms with van der Waals surface area (Å²) in [4.78, 5) is 11.8. The molecule has 0 fully saturated rings. The van der Waals surface area contributed by atoms with Crippen molar-refractivity contribution in [3.8, 4) is 0 Å². The number of furan rings is 1. The second-order valence-corrected chi connectivity index (χ2v) is 8.17. The average Bonchev–Trinajstić information content (AvgIpc) is 2.97. The minimum absolute atomic E-state index is 0.0621. The zero-order valence-electron chi connectivity index (χ0n) is 14.6. The van der Waals surface area contributed by atoms with E-state index < -0.39 is 20.5 Å². The van der Waals surface area contributed by atoms with Crippen molar-refractivity contribution < 1.29 is 26.4 Å². The van der Waals surface area contributed by atoms with Crippen LogP contribution in [-0.2, 0) is 21.1 Å². The number of carbonyl (C=O) groups excluding carboxylic acids is 1. The van der Waals surface area contributed by atoms with Crippen molar-refractivity contribution in [1.29, 1.82) is 0 Å². The molecule has 0 aliphatic carbocycles. The van der Waals surface area contributed by atoms with Crippen LogP contribution >= 0.6 is 0 Å². The van der Waals surface area contributed by atoms with Crippen LogP contribution in [0.3, 0.4) is 0 Å². The third-order valence-electron chi connectivity index (χ3n) is 4.32. The molecule has 0 saturated heterocycles. The fraction of sp³-hybridized carbons (Fsp3) is 0.211. The Balaban J connectivity index is 1.74. The lowest BCUT2D eigenvalue weighted by Crippen LogP contribution is -2.15. The van der Waals surface area contributed by atoms with Gasteiger partial charge in [-0.1, -0.05) is 0 Å². The second-order valence-electron chi connectivity index (χ2n) is 6.25. The van der Waals surface area contributed by atoms with Crippen LogP contribution in [0.2, 0.25) is 0 Å². The molecule has 3 aromatic rings. The molecule has 0 atom stereocenters. The molecule has 8 heteroatoms. The standard InChI is InChI=1S/C19H17F2NO4S/c1-11-7-16-13(10-26-17(16)8-12(11)2)9-18(23)22-14-3-5-15(6-4-14)27(24,25)19(20)21/h3-8,10,19H,9H2,1-2H3,(H,22,23). The van der Waals surface area contributed by atoms with Crippen molar-refractivity contribution in [2.24, 2.45) is 0 Å². The zero-order valence-corrected chi connectivity index (χ0v) is 15.4. The van der Waals surface area contributed by atoms with Crippen LogP contribution in [-0.4, -0.2) is 20.1 Å². The number of halogens is 2. The van der Waals surface area contributed by atoms with Crippen molar-refractivity contribution >= 4 is 32.4 Å². The van der Waals surface area contributed by atoms with Gasteiger partial charge in [-0.05, 0) is 61.4 Å². The molecule has 2 aromatic carbocycles. The van der Waals surface area contributed by atoms with Gasteiger partial charge in [-0.15, -0.1) is 0 Å². The summed E-state index contributed by atoms with van der Waals surface area (Å²) in [6.07, 6.45) is 1.59. The van der Waals surface area contributed by atoms with Crippen molar-refractivity contribution in [1.82, 2.24) is 0 Å². The van der Waals surface area contributed by atoms with Crippen LogP contribution in [0.5, 0.6) is 0 Å². The van der Waals surface area contributed by atoms with Crippen LogP contribution < -0.4 is 5.32 Å². The minimum Gasteiger partial charge on any atom is -0.464 e. The Morgan fingerprint density at radius 3 is 2.37 bits per heavy atom. The first-order valence-corrected chi connectivity index (χ1v) is 9.62. The molecule has 1 heterocycles. The third kappa shape index (κ3) is 3.85. The Morgan fingerprint density at radius 1 is 1.11 bits per heavy atom. The second kappa shape index (κ2) is 7.11. The molecular formula is C19H17F2NO4S. The highest BCUT2D eigenvalue weighted by Crippen LogP contribution is 2.26. The smallest absolute Gasteiger partial charge is 0.341 e. The summed E-state index contributed by atoms with van der Waals surface area (Å²) in [5.74, 6) is -3.82. The number of benzene rings is 2. The lowest BCUT2D eigenvalue weighted by Gasteiger charge is -2.07. The van der Waals surface area contributed by atoms with Crippen molar-refractivity contribution in [2.45, 2.75) is 30.9 Å². The molecule has 5 nitrogen and oxygen atoms in total. The lowest BCUT2D eigenvalue weighted by atomic mass is 10.0. The average molecular weight is 393 g/mol. The molecule has 0 unspecified atom stereocenters. The number of nitrogens with one attached hydrogen (secondary N) is 1. The Labute approximate surface area is 154 Å². The van der Waals surface area contributed by atoms with E-state index in [0.29, 0.717) is 11.3 Å². The van der Waals surface area contributed by atoms with E-state index in [9.17, 15) is 22.0 Å². The summed E-state index contributed by atoms with van der Waals surface area (Å²) < 4.78 is 53.4. The van der Waals surface area contributed by atoms with E-state index in [2.05, 4.69) is 5.32 Å². The zero-order chi connectivity index (χ0) is 19.8. The van der Waals surface area contributed by atoms with Gasteiger partial charge in [0.2, 0.25) is 15.7 Å². The molecular weight excluding hydrogens is 376 g/mol. The first-order chi connectivity index (χ1) is 12.7. The van der Waals surface area contributed by atoms with Gasteiger partial charge in [0.05, 0.1) is 17.6 Å². The van der Waals surface area contributed by atoms with E-state index in [0.717, 1.165) is 34.2 Å². The predicted octanol–water partition coefficient (Wildman–Crippen LogP) is 4.23. The van der Waals surface area contributed by atoms with E-state index >= 15 is 0 Å². The van der Waals surface area contributed by atoms with Gasteiger partial charge in [-0.25, -0.2) is 8.42 Å². The molecule has 0 saturated carbocycles. The van der Waals surface area contributed by atoms with Gasteiger partial charge in [0.1, 0.15) is 5.58 Å². The molecule has 27 heavy (non-hydrogen) atoms. The maximum absolute atomic E-state index is 12.5. The number of anilines is 1. The van der Waals surface area contributed by atoms with Crippen LogP contribution in [0.15, 0.2) is 52.0 Å². The van der Waals surface area contributed by atoms with E-state index in [-0.39, 0.29) is 12.3 Å². The first-order valence-electron chi connectivity index (χ1n) is 8.08. The molecule has 1 aromatic heterocycles. The Morgan fingerprint density at radius 2 is 1.74 bits per heavy atom. The van der Waals surface area contributed by atoms with Gasteiger partial charge >= 0.3 is 5.76 Å². The Kier molecular flexibility index (Phi) is 5.01. The van der Waals surface area contributed by atoms with Crippen LogP contribution in [0, 0.1) is 13.8 Å². The topological polar surface area (TPSA) is 76.4 Å². The number of hydrogen-bond acceptors (Lipinski definition) is 4. The number of carbonyl (C=O) groups is 1. The summed E-state index contributed by atoms with van der Waals surface area (Å²) in [5, 5.41) is 3.47. The van der Waals surface area contributed by atoms with E-state index in [1.165, 1.54) is 18.4 Å². The largest absolute Gasteiger partial charge is 0.464 e. The third-order valence-corrected chi connectivity index (χ3v) is 5.72. The van der Waals surface area contributed by atoms with Gasteiger partial charge in [0, 0.05) is 16.6 Å². The maximum Gasteiger partial charge on any atom is 0.341 e. The lowest BCUT2D eigenvalue weighted by molar-refractivity contribution is -0.115. The molecule has 0 radical (unpaired) electrons. The normalized spacial score (nSPS) is 11.9. The molecule has 3 rings (SSSR count). The quantitative estimate of drug-likeness (QED) is 0.704. The Hall–Kier alpha value is -2.74. The molecule has 1 amide bonds. The summed E-state index contributed by atoms with van der Waals surface area (Å²) in [5.41, 5.74) is 3.91. The SMILES string of the molecule is Cc1cc2occ(CC(=O)Nc3ccc(S(=O)(=O)C(F)F)cc3)c2cc1C.